The fourth-order valence-electron chi connectivity index (χ4n) is 2.90. The summed E-state index contributed by atoms with van der Waals surface area (Å²) in [5.74, 6) is 1.77. The maximum atomic E-state index is 5.48. The second-order valence-corrected chi connectivity index (χ2v) is 4.81. The van der Waals surface area contributed by atoms with E-state index in [1.165, 1.54) is 31.2 Å². The van der Waals surface area contributed by atoms with Gasteiger partial charge in [0.15, 0.2) is 0 Å². The van der Waals surface area contributed by atoms with E-state index in [1.807, 2.05) is 6.92 Å². The number of rotatable bonds is 5. The Hall–Kier alpha value is -1.02. The van der Waals surface area contributed by atoms with Crippen LogP contribution >= 0.6 is 0 Å². The van der Waals surface area contributed by atoms with Gasteiger partial charge in [0.2, 0.25) is 0 Å². The summed E-state index contributed by atoms with van der Waals surface area (Å²) in [7, 11) is 2.07. The summed E-state index contributed by atoms with van der Waals surface area (Å²) in [6.45, 7) is 2.75. The lowest BCUT2D eigenvalue weighted by Crippen LogP contribution is -2.23. The monoisotopic (exact) mass is 233 g/mol. The summed E-state index contributed by atoms with van der Waals surface area (Å²) in [4.78, 5) is 0. The van der Waals surface area contributed by atoms with Crippen molar-refractivity contribution in [1.29, 1.82) is 0 Å². The molecule has 1 fully saturated rings. The minimum absolute atomic E-state index is 0.508. The Bertz CT molecular complexity index is 327. The summed E-state index contributed by atoms with van der Waals surface area (Å²) >= 11 is 0. The van der Waals surface area contributed by atoms with Gasteiger partial charge in [-0.25, -0.2) is 0 Å². The number of ether oxygens (including phenoxy) is 1. The average Bonchev–Trinajstić information content (AvgIpc) is 2.86. The maximum Gasteiger partial charge on any atom is 0.119 e. The van der Waals surface area contributed by atoms with Crippen molar-refractivity contribution < 1.29 is 4.74 Å². The van der Waals surface area contributed by atoms with Gasteiger partial charge in [0.05, 0.1) is 6.61 Å². The summed E-state index contributed by atoms with van der Waals surface area (Å²) in [5.41, 5.74) is 1.39. The molecule has 0 spiro atoms. The third-order valence-electron chi connectivity index (χ3n) is 3.73. The highest BCUT2D eigenvalue weighted by Gasteiger charge is 2.24. The molecule has 2 nitrogen and oxygen atoms in total. The average molecular weight is 233 g/mol. The molecular formula is C15H23NO. The molecule has 0 heterocycles. The van der Waals surface area contributed by atoms with Crippen molar-refractivity contribution in [2.75, 3.05) is 13.7 Å². The fraction of sp³-hybridized carbons (Fsp3) is 0.600. The molecule has 1 aliphatic rings. The topological polar surface area (TPSA) is 21.3 Å². The summed E-state index contributed by atoms with van der Waals surface area (Å²) in [5, 5.41) is 3.47. The molecule has 1 atom stereocenters. The van der Waals surface area contributed by atoms with Gasteiger partial charge in [0.1, 0.15) is 5.75 Å². The maximum absolute atomic E-state index is 5.48. The first-order chi connectivity index (χ1) is 8.35. The highest BCUT2D eigenvalue weighted by atomic mass is 16.5. The van der Waals surface area contributed by atoms with E-state index in [0.29, 0.717) is 6.04 Å². The number of hydrogen-bond acceptors (Lipinski definition) is 2. The van der Waals surface area contributed by atoms with Crippen LogP contribution in [-0.2, 0) is 0 Å². The van der Waals surface area contributed by atoms with Gasteiger partial charge in [0.25, 0.3) is 0 Å². The van der Waals surface area contributed by atoms with Crippen LogP contribution in [0.2, 0.25) is 0 Å². The van der Waals surface area contributed by atoms with Gasteiger partial charge in [-0.1, -0.05) is 25.0 Å². The molecule has 0 radical (unpaired) electrons. The van der Waals surface area contributed by atoms with Crippen LogP contribution in [-0.4, -0.2) is 13.7 Å². The minimum atomic E-state index is 0.508. The van der Waals surface area contributed by atoms with E-state index < -0.39 is 0 Å². The van der Waals surface area contributed by atoms with Crippen LogP contribution in [0, 0.1) is 5.92 Å². The Balaban J connectivity index is 2.07. The molecule has 0 bridgehead atoms. The molecule has 0 aromatic heterocycles. The molecule has 1 N–H and O–H groups in total. The number of hydrogen-bond donors (Lipinski definition) is 1. The van der Waals surface area contributed by atoms with Gasteiger partial charge in [-0.05, 0) is 50.4 Å². The van der Waals surface area contributed by atoms with Crippen molar-refractivity contribution in [3.05, 3.63) is 29.8 Å². The molecular weight excluding hydrogens is 210 g/mol. The zero-order valence-electron chi connectivity index (χ0n) is 10.9. The Morgan fingerprint density at radius 1 is 1.24 bits per heavy atom. The molecule has 2 rings (SSSR count). The first-order valence-electron chi connectivity index (χ1n) is 6.75. The van der Waals surface area contributed by atoms with Crippen LogP contribution in [0.4, 0.5) is 0 Å². The lowest BCUT2D eigenvalue weighted by molar-refractivity contribution is 0.339. The SMILES string of the molecule is CCOc1ccc(C(NC)C2CCCC2)cc1. The summed E-state index contributed by atoms with van der Waals surface area (Å²) < 4.78 is 5.48. The number of nitrogens with one attached hydrogen (secondary N) is 1. The molecule has 1 aliphatic carbocycles. The van der Waals surface area contributed by atoms with E-state index in [0.717, 1.165) is 18.3 Å². The first kappa shape index (κ1) is 12.4. The quantitative estimate of drug-likeness (QED) is 0.840. The largest absolute Gasteiger partial charge is 0.494 e. The van der Waals surface area contributed by atoms with Gasteiger partial charge in [0, 0.05) is 6.04 Å². The Labute approximate surface area is 104 Å². The zero-order valence-corrected chi connectivity index (χ0v) is 10.9. The molecule has 0 aliphatic heterocycles. The fourth-order valence-corrected chi connectivity index (χ4v) is 2.90. The van der Waals surface area contributed by atoms with Crippen LogP contribution in [0.5, 0.6) is 5.75 Å². The lowest BCUT2D eigenvalue weighted by Gasteiger charge is -2.23. The normalized spacial score (nSPS) is 18.2. The second-order valence-electron chi connectivity index (χ2n) is 4.81. The van der Waals surface area contributed by atoms with Crippen LogP contribution < -0.4 is 10.1 Å². The van der Waals surface area contributed by atoms with Crippen molar-refractivity contribution in [3.63, 3.8) is 0 Å². The zero-order chi connectivity index (χ0) is 12.1. The van der Waals surface area contributed by atoms with E-state index >= 15 is 0 Å². The molecule has 94 valence electrons. The third kappa shape index (κ3) is 3.01. The molecule has 1 aromatic rings. The molecule has 17 heavy (non-hydrogen) atoms. The van der Waals surface area contributed by atoms with E-state index in [9.17, 15) is 0 Å². The molecule has 0 saturated heterocycles. The van der Waals surface area contributed by atoms with E-state index in [2.05, 4.69) is 36.6 Å². The summed E-state index contributed by atoms with van der Waals surface area (Å²) in [6, 6.07) is 9.07. The van der Waals surface area contributed by atoms with Crippen LogP contribution in [0.3, 0.4) is 0 Å². The third-order valence-corrected chi connectivity index (χ3v) is 3.73. The van der Waals surface area contributed by atoms with Gasteiger partial charge in [-0.15, -0.1) is 0 Å². The molecule has 2 heteroatoms. The standard InChI is InChI=1S/C15H23NO/c1-3-17-14-10-8-13(9-11-14)15(16-2)12-6-4-5-7-12/h8-12,15-16H,3-7H2,1-2H3. The predicted octanol–water partition coefficient (Wildman–Crippen LogP) is 3.54. The van der Waals surface area contributed by atoms with Crippen LogP contribution in [0.25, 0.3) is 0 Å². The smallest absolute Gasteiger partial charge is 0.119 e. The first-order valence-corrected chi connectivity index (χ1v) is 6.75. The van der Waals surface area contributed by atoms with Crippen LogP contribution in [0.1, 0.15) is 44.2 Å². The van der Waals surface area contributed by atoms with Crippen molar-refractivity contribution in [1.82, 2.24) is 5.32 Å². The predicted molar refractivity (Wildman–Crippen MR) is 71.4 cm³/mol. The van der Waals surface area contributed by atoms with Crippen molar-refractivity contribution in [2.24, 2.45) is 5.92 Å². The number of benzene rings is 1. The minimum Gasteiger partial charge on any atom is -0.494 e. The Morgan fingerprint density at radius 3 is 2.41 bits per heavy atom. The van der Waals surface area contributed by atoms with E-state index in [4.69, 9.17) is 4.74 Å². The van der Waals surface area contributed by atoms with Crippen molar-refractivity contribution in [2.45, 2.75) is 38.6 Å². The van der Waals surface area contributed by atoms with E-state index in [-0.39, 0.29) is 0 Å². The molecule has 0 amide bonds. The van der Waals surface area contributed by atoms with Crippen LogP contribution in [0.15, 0.2) is 24.3 Å². The molecule has 1 saturated carbocycles. The van der Waals surface area contributed by atoms with Gasteiger partial charge >= 0.3 is 0 Å². The lowest BCUT2D eigenvalue weighted by atomic mass is 9.92. The molecule has 1 aromatic carbocycles. The summed E-state index contributed by atoms with van der Waals surface area (Å²) in [6.07, 6.45) is 5.50. The van der Waals surface area contributed by atoms with Crippen molar-refractivity contribution in [3.8, 4) is 5.75 Å². The highest BCUT2D eigenvalue weighted by Crippen LogP contribution is 2.35. The van der Waals surface area contributed by atoms with Gasteiger partial charge in [-0.2, -0.15) is 0 Å². The molecule has 1 unspecified atom stereocenters. The highest BCUT2D eigenvalue weighted by molar-refractivity contribution is 5.29. The van der Waals surface area contributed by atoms with Gasteiger partial charge in [-0.3, -0.25) is 0 Å². The second kappa shape index (κ2) is 6.06. The Kier molecular flexibility index (Phi) is 4.43. The van der Waals surface area contributed by atoms with Crippen molar-refractivity contribution >= 4 is 0 Å². The van der Waals surface area contributed by atoms with E-state index in [1.54, 1.807) is 0 Å². The van der Waals surface area contributed by atoms with Gasteiger partial charge < -0.3 is 10.1 Å². The Morgan fingerprint density at radius 2 is 1.88 bits per heavy atom.